The molecular weight excluding hydrogens is 1190 g/mol. The molecule has 2 aliphatic heterocycles. The Morgan fingerprint density at radius 1 is 0.374 bits per heavy atom. The minimum Gasteiger partial charge on any atom is -0.459 e. The Hall–Kier alpha value is -8.96. The third-order valence-corrected chi connectivity index (χ3v) is 15.0. The molecule has 7 aromatic carbocycles. The quantitative estimate of drug-likeness (QED) is 0.0256. The van der Waals surface area contributed by atoms with Gasteiger partial charge in [0.2, 0.25) is 6.29 Å². The van der Waals surface area contributed by atoms with Crippen LogP contribution in [0.15, 0.2) is 212 Å². The van der Waals surface area contributed by atoms with Gasteiger partial charge in [0.15, 0.2) is 42.9 Å². The van der Waals surface area contributed by atoms with Crippen LogP contribution in [0.5, 0.6) is 0 Å². The first-order valence-corrected chi connectivity index (χ1v) is 30.0. The molecule has 0 bridgehead atoms. The Bertz CT molecular complexity index is 3390. The maximum atomic E-state index is 14.2. The van der Waals surface area contributed by atoms with Crippen LogP contribution < -0.4 is 0 Å². The zero-order valence-electron chi connectivity index (χ0n) is 50.2. The molecule has 91 heavy (non-hydrogen) atoms. The Balaban J connectivity index is 0.00000139. The molecule has 0 amide bonds. The summed E-state index contributed by atoms with van der Waals surface area (Å²) in [6.45, 7) is 8.63. The molecule has 473 valence electrons. The summed E-state index contributed by atoms with van der Waals surface area (Å²) in [6.07, 6.45) is -17.4. The molecule has 0 aromatic heterocycles. The highest BCUT2D eigenvalue weighted by molar-refractivity contribution is 7.40. The predicted octanol–water partition coefficient (Wildman–Crippen LogP) is 9.51. The molecule has 9 rings (SSSR count). The largest absolute Gasteiger partial charge is 0.459 e. The summed E-state index contributed by atoms with van der Waals surface area (Å²) in [4.78, 5) is 112. The van der Waals surface area contributed by atoms with Gasteiger partial charge in [0.05, 0.1) is 45.6 Å². The Morgan fingerprint density at radius 3 is 0.912 bits per heavy atom. The molecule has 0 spiro atoms. The molecular formula is C68H68BNO20P. The van der Waals surface area contributed by atoms with Crippen LogP contribution in [-0.4, -0.2) is 161 Å². The molecule has 21 nitrogen and oxygen atoms in total. The lowest BCUT2D eigenvalue weighted by Crippen LogP contribution is -2.63. The molecule has 0 saturated carbocycles. The van der Waals surface area contributed by atoms with Crippen LogP contribution in [0.3, 0.4) is 0 Å². The van der Waals surface area contributed by atoms with Gasteiger partial charge in [-0.25, -0.2) is 33.6 Å². The predicted molar refractivity (Wildman–Crippen MR) is 330 cm³/mol. The molecule has 3 radical (unpaired) electrons. The van der Waals surface area contributed by atoms with Gasteiger partial charge < -0.3 is 61.7 Å². The molecule has 2 saturated heterocycles. The number of carbonyl (C=O) groups is 7. The van der Waals surface area contributed by atoms with Gasteiger partial charge in [-0.3, -0.25) is 4.52 Å². The van der Waals surface area contributed by atoms with Crippen molar-refractivity contribution in [2.75, 3.05) is 40.0 Å². The number of methoxy groups -OCH3 is 1. The number of ether oxygens (including phenoxy) is 10. The summed E-state index contributed by atoms with van der Waals surface area (Å²) in [6, 6.07) is 54.4. The normalized spacial score (nSPS) is 21.1. The van der Waals surface area contributed by atoms with E-state index in [1.165, 1.54) is 112 Å². The minimum atomic E-state index is -3.31. The van der Waals surface area contributed by atoms with Crippen molar-refractivity contribution in [3.63, 3.8) is 0 Å². The summed E-state index contributed by atoms with van der Waals surface area (Å²) in [5.41, 5.74) is 0.448. The molecule has 23 heteroatoms. The van der Waals surface area contributed by atoms with Crippen molar-refractivity contribution >= 4 is 58.8 Å². The second-order valence-corrected chi connectivity index (χ2v) is 20.9. The Morgan fingerprint density at radius 2 is 0.626 bits per heavy atom. The Kier molecular flexibility index (Phi) is 27.1. The molecule has 1 unspecified atom stereocenters. The van der Waals surface area contributed by atoms with Crippen molar-refractivity contribution in [1.29, 1.82) is 0 Å². The number of nitrogens with zero attached hydrogens (tertiary/aromatic N) is 1. The van der Waals surface area contributed by atoms with Gasteiger partial charge in [-0.15, -0.1) is 0 Å². The van der Waals surface area contributed by atoms with E-state index < -0.39 is 125 Å². The number of benzene rings is 7. The van der Waals surface area contributed by atoms with E-state index >= 15 is 0 Å². The van der Waals surface area contributed by atoms with E-state index in [1.807, 2.05) is 0 Å². The maximum Gasteiger partial charge on any atom is 0.338 e. The summed E-state index contributed by atoms with van der Waals surface area (Å²) in [7, 11) is -2.09. The fraction of sp³-hybridized carbons (Fsp3) is 0.279. The van der Waals surface area contributed by atoms with Crippen molar-refractivity contribution in [2.24, 2.45) is 0 Å². The molecule has 2 heterocycles. The first-order valence-electron chi connectivity index (χ1n) is 28.9. The third kappa shape index (κ3) is 19.5. The van der Waals surface area contributed by atoms with E-state index in [9.17, 15) is 38.5 Å². The standard InChI is InChI=1S/C62H53O20P.C6H15N.B/c1-71-61-52(80-59(68)44-33-19-7-20-34-44)50(78-57(66)42-29-15-5-16-30-42)49(77-56(65)41-27-13-4-14-28-41)47(74-61)38-73-83(70)82-62-53(81-60(69)45-35-21-8-22-36-45)51(79-58(67)43-31-17-6-18-32-43)48(76-55(64)40-25-11-3-12-26-40)46(75-62)37-72-54(63)39-23-9-2-10-24-39;1-4-7(5-2)6-3;/h2-36,46-53,61-62,70H,37-38H2,1H3;4-6H2,1-3H3;/t46-,47-,48-,49-,50+,51+,52-,53-,61+,62+,83?;;/m1../s1. The number of esters is 7. The van der Waals surface area contributed by atoms with Crippen LogP contribution in [0, 0.1) is 0 Å². The van der Waals surface area contributed by atoms with Crippen molar-refractivity contribution in [1.82, 2.24) is 4.90 Å². The molecule has 0 aliphatic carbocycles. The van der Waals surface area contributed by atoms with Gasteiger partial charge in [0.25, 0.3) is 0 Å². The first kappa shape index (κ1) is 69.5. The number of rotatable bonds is 24. The summed E-state index contributed by atoms with van der Waals surface area (Å²) < 4.78 is 72.7. The highest BCUT2D eigenvalue weighted by atomic mass is 31.2. The van der Waals surface area contributed by atoms with E-state index in [1.54, 1.807) is 127 Å². The van der Waals surface area contributed by atoms with Crippen molar-refractivity contribution in [2.45, 2.75) is 82.2 Å². The van der Waals surface area contributed by atoms with E-state index in [-0.39, 0.29) is 47.4 Å². The lowest BCUT2D eigenvalue weighted by atomic mass is 9.97. The van der Waals surface area contributed by atoms with Gasteiger partial charge in [-0.2, -0.15) is 0 Å². The molecule has 1 N–H and O–H groups in total. The van der Waals surface area contributed by atoms with E-state index in [2.05, 4.69) is 25.7 Å². The molecule has 2 fully saturated rings. The average molecular weight is 1260 g/mol. The first-order chi connectivity index (χ1) is 43.8. The van der Waals surface area contributed by atoms with Gasteiger partial charge in [0.1, 0.15) is 18.8 Å². The smallest absolute Gasteiger partial charge is 0.338 e. The van der Waals surface area contributed by atoms with Gasteiger partial charge >= 0.3 is 50.4 Å². The lowest BCUT2D eigenvalue weighted by molar-refractivity contribution is -0.292. The number of hydrogen-bond donors (Lipinski definition) is 1. The number of hydrogen-bond acceptors (Lipinski definition) is 21. The zero-order valence-corrected chi connectivity index (χ0v) is 51.1. The topological polar surface area (TPSA) is 254 Å². The highest BCUT2D eigenvalue weighted by Gasteiger charge is 2.56. The van der Waals surface area contributed by atoms with Crippen LogP contribution >= 0.6 is 8.60 Å². The van der Waals surface area contributed by atoms with Gasteiger partial charge in [-0.05, 0) is 105 Å². The fourth-order valence-corrected chi connectivity index (χ4v) is 10.1. The average Bonchev–Trinajstić information content (AvgIpc) is 1.47. The van der Waals surface area contributed by atoms with Gasteiger partial charge in [-0.1, -0.05) is 148 Å². The Labute approximate surface area is 529 Å². The van der Waals surface area contributed by atoms with Crippen LogP contribution in [0.25, 0.3) is 0 Å². The van der Waals surface area contributed by atoms with Crippen molar-refractivity contribution < 1.29 is 94.9 Å². The van der Waals surface area contributed by atoms with E-state index in [4.69, 9.17) is 56.4 Å². The minimum absolute atomic E-state index is 0. The van der Waals surface area contributed by atoms with Crippen LogP contribution in [0.4, 0.5) is 0 Å². The second kappa shape index (κ2) is 35.4. The number of carbonyl (C=O) groups excluding carboxylic acids is 7. The maximum absolute atomic E-state index is 14.2. The van der Waals surface area contributed by atoms with Crippen molar-refractivity contribution in [3.8, 4) is 0 Å². The molecule has 11 atom stereocenters. The SMILES string of the molecule is CCN(CC)CC.CO[C@H]1O[C@H](COP(O)O[C@@H]2O[C@H](COC(=O)c3ccccc3)[C@@H](OC(=O)c3ccccc3)[C@H](OC(=O)c3ccccc3)[C@H]2OC(=O)c2ccccc2)[C@@H](OC(=O)c2ccccc2)[C@H](OC(=O)c2ccccc2)[C@H]1OC(=O)c1ccccc1.[B]. The third-order valence-electron chi connectivity index (χ3n) is 14.2. The molecule has 2 aliphatic rings. The molecule has 7 aromatic rings. The second-order valence-electron chi connectivity index (χ2n) is 20.0. The van der Waals surface area contributed by atoms with Crippen molar-refractivity contribution in [3.05, 3.63) is 251 Å². The monoisotopic (exact) mass is 1260 g/mol. The van der Waals surface area contributed by atoms with E-state index in [0.717, 1.165) is 0 Å². The summed E-state index contributed by atoms with van der Waals surface area (Å²) in [5.74, 6) is -6.54. The summed E-state index contributed by atoms with van der Waals surface area (Å²) in [5, 5.41) is 0. The van der Waals surface area contributed by atoms with Gasteiger partial charge in [0, 0.05) is 15.5 Å². The lowest BCUT2D eigenvalue weighted by Gasteiger charge is -2.45. The van der Waals surface area contributed by atoms with E-state index in [0.29, 0.717) is 0 Å². The highest BCUT2D eigenvalue weighted by Crippen LogP contribution is 2.42. The summed E-state index contributed by atoms with van der Waals surface area (Å²) >= 11 is 0. The van der Waals surface area contributed by atoms with Crippen LogP contribution in [-0.2, 0) is 56.4 Å². The van der Waals surface area contributed by atoms with Crippen LogP contribution in [0.2, 0.25) is 0 Å². The van der Waals surface area contributed by atoms with Crippen LogP contribution in [0.1, 0.15) is 93.3 Å². The fourth-order valence-electron chi connectivity index (χ4n) is 9.44. The zero-order chi connectivity index (χ0) is 63.8.